The summed E-state index contributed by atoms with van der Waals surface area (Å²) in [4.78, 5) is 45.3. The number of H-pyrrole nitrogens is 1. The van der Waals surface area contributed by atoms with E-state index in [1.807, 2.05) is 0 Å². The molecule has 4 aromatic heterocycles. The Balaban J connectivity index is 1.40. The Morgan fingerprint density at radius 2 is 2.10 bits per heavy atom. The van der Waals surface area contributed by atoms with E-state index in [1.54, 1.807) is 18.2 Å². The number of aromatic amines is 1. The standard InChI is InChI=1S/C29H20ClFN4O5/c30-26-15(9-13-8-14(10-20(13)34-26)27(36)33-16-3-4-16)12-35-21-11-19(31)17-5-7-40-25(17)23(21)22(24(35)29(38)39)18-2-1-6-32-28(18)37/h1-2,5-7,9-11,16H,3-4,8,12H2,(H,32,37)(H,33,36)(H,38,39). The van der Waals surface area contributed by atoms with E-state index in [9.17, 15) is 19.5 Å². The van der Waals surface area contributed by atoms with Gasteiger partial charge in [-0.3, -0.25) is 9.59 Å². The first-order valence-corrected chi connectivity index (χ1v) is 13.0. The van der Waals surface area contributed by atoms with Crippen molar-refractivity contribution in [3.8, 4) is 11.1 Å². The van der Waals surface area contributed by atoms with Gasteiger partial charge in [0, 0.05) is 35.4 Å². The van der Waals surface area contributed by atoms with Gasteiger partial charge in [0.2, 0.25) is 5.91 Å². The van der Waals surface area contributed by atoms with Crippen molar-refractivity contribution >= 4 is 51.4 Å². The van der Waals surface area contributed by atoms with Gasteiger partial charge in [0.15, 0.2) is 0 Å². The number of nitrogens with one attached hydrogen (secondary N) is 2. The first-order chi connectivity index (χ1) is 19.3. The molecule has 40 heavy (non-hydrogen) atoms. The first kappa shape index (κ1) is 24.3. The lowest BCUT2D eigenvalue weighted by atomic mass is 10.0. The van der Waals surface area contributed by atoms with Crippen LogP contribution in [0.5, 0.6) is 0 Å². The molecule has 7 rings (SSSR count). The number of furan rings is 1. The van der Waals surface area contributed by atoms with Crippen molar-refractivity contribution in [3.63, 3.8) is 0 Å². The van der Waals surface area contributed by atoms with Gasteiger partial charge in [-0.25, -0.2) is 14.2 Å². The van der Waals surface area contributed by atoms with Gasteiger partial charge in [-0.1, -0.05) is 11.6 Å². The topological polar surface area (TPSA) is 130 Å². The SMILES string of the molecule is O=C(NC1CC1)C1=Cc2nc(Cl)c(Cn3c(C(=O)O)c(-c4ccc[nH]c4=O)c4c5occc5c(F)cc43)cc2C1. The van der Waals surface area contributed by atoms with Crippen LogP contribution in [0.3, 0.4) is 0 Å². The number of pyridine rings is 2. The number of hydrogen-bond donors (Lipinski definition) is 3. The van der Waals surface area contributed by atoms with E-state index in [4.69, 9.17) is 16.0 Å². The number of aromatic carboxylic acids is 1. The molecule has 0 aliphatic heterocycles. The zero-order valence-electron chi connectivity index (χ0n) is 20.8. The Morgan fingerprint density at radius 1 is 1.27 bits per heavy atom. The van der Waals surface area contributed by atoms with Crippen LogP contribution < -0.4 is 10.9 Å². The van der Waals surface area contributed by atoms with Crippen molar-refractivity contribution in [2.75, 3.05) is 0 Å². The molecule has 4 heterocycles. The average Bonchev–Trinajstić information content (AvgIpc) is 3.31. The number of hydrogen-bond acceptors (Lipinski definition) is 5. The van der Waals surface area contributed by atoms with Gasteiger partial charge in [0.1, 0.15) is 22.2 Å². The first-order valence-electron chi connectivity index (χ1n) is 12.6. The van der Waals surface area contributed by atoms with Crippen molar-refractivity contribution in [3.05, 3.63) is 92.2 Å². The minimum absolute atomic E-state index is 0.0861. The summed E-state index contributed by atoms with van der Waals surface area (Å²) in [5, 5.41) is 14.0. The fourth-order valence-electron chi connectivity index (χ4n) is 5.39. The molecule has 2 aliphatic rings. The van der Waals surface area contributed by atoms with Crippen LogP contribution in [0, 0.1) is 5.82 Å². The van der Waals surface area contributed by atoms with E-state index in [0.29, 0.717) is 28.6 Å². The molecule has 5 aromatic rings. The summed E-state index contributed by atoms with van der Waals surface area (Å²) in [6, 6.07) is 7.77. The van der Waals surface area contributed by atoms with E-state index in [2.05, 4.69) is 15.3 Å². The number of fused-ring (bicyclic) bond motifs is 4. The predicted molar refractivity (Wildman–Crippen MR) is 146 cm³/mol. The molecule has 9 nitrogen and oxygen atoms in total. The highest BCUT2D eigenvalue weighted by Gasteiger charge is 2.30. The van der Waals surface area contributed by atoms with Crippen LogP contribution in [0.1, 0.15) is 40.2 Å². The lowest BCUT2D eigenvalue weighted by Crippen LogP contribution is -2.26. The maximum atomic E-state index is 15.2. The van der Waals surface area contributed by atoms with E-state index < -0.39 is 17.3 Å². The number of amides is 1. The van der Waals surface area contributed by atoms with E-state index in [1.165, 1.54) is 35.2 Å². The fraction of sp³-hybridized carbons (Fsp3) is 0.172. The smallest absolute Gasteiger partial charge is 0.353 e. The number of aromatic nitrogens is 3. The third-order valence-electron chi connectivity index (χ3n) is 7.39. The highest BCUT2D eigenvalue weighted by Crippen LogP contribution is 2.41. The third-order valence-corrected chi connectivity index (χ3v) is 7.72. The fourth-order valence-corrected chi connectivity index (χ4v) is 5.59. The minimum Gasteiger partial charge on any atom is -0.477 e. The lowest BCUT2D eigenvalue weighted by molar-refractivity contribution is -0.117. The molecule has 0 radical (unpaired) electrons. The van der Waals surface area contributed by atoms with Crippen molar-refractivity contribution in [1.29, 1.82) is 0 Å². The number of carbonyl (C=O) groups is 2. The zero-order chi connectivity index (χ0) is 27.7. The van der Waals surface area contributed by atoms with Gasteiger partial charge in [-0.05, 0) is 54.8 Å². The molecule has 11 heteroatoms. The van der Waals surface area contributed by atoms with Crippen LogP contribution in [-0.2, 0) is 17.8 Å². The van der Waals surface area contributed by atoms with Gasteiger partial charge in [0.05, 0.1) is 40.4 Å². The average molecular weight is 559 g/mol. The summed E-state index contributed by atoms with van der Waals surface area (Å²) < 4.78 is 22.2. The van der Waals surface area contributed by atoms with Gasteiger partial charge >= 0.3 is 5.97 Å². The van der Waals surface area contributed by atoms with Gasteiger partial charge < -0.3 is 24.4 Å². The largest absolute Gasteiger partial charge is 0.477 e. The van der Waals surface area contributed by atoms with Crippen LogP contribution in [0.2, 0.25) is 5.15 Å². The normalized spacial score (nSPS) is 14.5. The number of halogens is 2. The Hall–Kier alpha value is -4.70. The number of rotatable bonds is 6. The van der Waals surface area contributed by atoms with Crippen LogP contribution in [-0.4, -0.2) is 37.6 Å². The molecule has 1 aromatic carbocycles. The molecule has 0 saturated heterocycles. The molecule has 3 N–H and O–H groups in total. The van der Waals surface area contributed by atoms with Gasteiger partial charge in [-0.2, -0.15) is 0 Å². The molecular weight excluding hydrogens is 539 g/mol. The highest BCUT2D eigenvalue weighted by atomic mass is 35.5. The van der Waals surface area contributed by atoms with Crippen molar-refractivity contribution in [1.82, 2.24) is 19.9 Å². The number of nitrogens with zero attached hydrogens (tertiary/aromatic N) is 2. The molecule has 0 spiro atoms. The molecule has 1 saturated carbocycles. The summed E-state index contributed by atoms with van der Waals surface area (Å²) >= 11 is 6.57. The van der Waals surface area contributed by atoms with E-state index in [0.717, 1.165) is 18.4 Å². The quantitative estimate of drug-likeness (QED) is 0.254. The molecule has 0 unspecified atom stereocenters. The van der Waals surface area contributed by atoms with Crippen LogP contribution in [0.15, 0.2) is 57.6 Å². The van der Waals surface area contributed by atoms with Crippen LogP contribution in [0.25, 0.3) is 39.1 Å². The second-order valence-corrected chi connectivity index (χ2v) is 10.4. The zero-order valence-corrected chi connectivity index (χ0v) is 21.5. The molecule has 0 bridgehead atoms. The minimum atomic E-state index is -1.32. The second kappa shape index (κ2) is 8.92. The number of carbonyl (C=O) groups excluding carboxylic acids is 1. The van der Waals surface area contributed by atoms with E-state index >= 15 is 4.39 Å². The lowest BCUT2D eigenvalue weighted by Gasteiger charge is -2.12. The molecule has 2 aliphatic carbocycles. The molecule has 200 valence electrons. The molecule has 0 atom stereocenters. The van der Waals surface area contributed by atoms with Gasteiger partial charge in [0.25, 0.3) is 5.56 Å². The summed E-state index contributed by atoms with van der Waals surface area (Å²) in [5.41, 5.74) is 2.22. The Kier molecular flexibility index (Phi) is 5.43. The summed E-state index contributed by atoms with van der Waals surface area (Å²) in [6.45, 7) is -0.0861. The predicted octanol–water partition coefficient (Wildman–Crippen LogP) is 4.89. The third kappa shape index (κ3) is 3.83. The molecule has 1 amide bonds. The Labute approximate surface area is 229 Å². The number of carboxylic acid groups (broad SMARTS) is 1. The summed E-state index contributed by atoms with van der Waals surface area (Å²) in [6.07, 6.45) is 6.76. The Morgan fingerprint density at radius 3 is 2.85 bits per heavy atom. The van der Waals surface area contributed by atoms with Crippen LogP contribution in [0.4, 0.5) is 4.39 Å². The number of benzene rings is 1. The second-order valence-electron chi connectivity index (χ2n) is 10.0. The van der Waals surface area contributed by atoms with Crippen molar-refractivity contribution in [2.24, 2.45) is 0 Å². The van der Waals surface area contributed by atoms with Crippen molar-refractivity contribution in [2.45, 2.75) is 31.8 Å². The summed E-state index contributed by atoms with van der Waals surface area (Å²) in [5.74, 6) is -2.06. The monoisotopic (exact) mass is 558 g/mol. The maximum absolute atomic E-state index is 15.2. The molecule has 1 fully saturated rings. The van der Waals surface area contributed by atoms with Crippen LogP contribution >= 0.6 is 11.6 Å². The Bertz CT molecular complexity index is 2000. The van der Waals surface area contributed by atoms with Crippen molar-refractivity contribution < 1.29 is 23.5 Å². The molecular formula is C29H20ClFN4O5. The number of carboxylic acids is 1. The van der Waals surface area contributed by atoms with Gasteiger partial charge in [-0.15, -0.1) is 0 Å². The summed E-state index contributed by atoms with van der Waals surface area (Å²) in [7, 11) is 0. The highest BCUT2D eigenvalue weighted by molar-refractivity contribution is 6.30. The van der Waals surface area contributed by atoms with E-state index in [-0.39, 0.29) is 57.0 Å². The maximum Gasteiger partial charge on any atom is 0.353 e.